The van der Waals surface area contributed by atoms with Gasteiger partial charge in [0.25, 0.3) is 5.91 Å². The van der Waals surface area contributed by atoms with Crippen LogP contribution in [0.4, 0.5) is 19.0 Å². The molecule has 6 nitrogen and oxygen atoms in total. The molecule has 10 heteroatoms. The molecule has 0 saturated heterocycles. The van der Waals surface area contributed by atoms with E-state index in [4.69, 9.17) is 11.6 Å². The fourth-order valence-electron chi connectivity index (χ4n) is 3.00. The van der Waals surface area contributed by atoms with E-state index in [0.29, 0.717) is 12.2 Å². The Hall–Kier alpha value is -3.07. The van der Waals surface area contributed by atoms with Crippen molar-refractivity contribution in [2.24, 2.45) is 0 Å². The van der Waals surface area contributed by atoms with Gasteiger partial charge in [0.15, 0.2) is 0 Å². The molecule has 0 saturated carbocycles. The minimum atomic E-state index is -4.52. The number of carbonyl (C=O) groups is 1. The number of hydrogen-bond donors (Lipinski definition) is 2. The van der Waals surface area contributed by atoms with E-state index >= 15 is 0 Å². The highest BCUT2D eigenvalue weighted by molar-refractivity contribution is 6.33. The second kappa shape index (κ2) is 9.38. The zero-order valence-corrected chi connectivity index (χ0v) is 17.7. The van der Waals surface area contributed by atoms with Crippen LogP contribution in [0.5, 0.6) is 0 Å². The van der Waals surface area contributed by atoms with Crippen molar-refractivity contribution in [3.63, 3.8) is 0 Å². The lowest BCUT2D eigenvalue weighted by molar-refractivity contribution is -0.137. The second-order valence-corrected chi connectivity index (χ2v) is 7.33. The van der Waals surface area contributed by atoms with Crippen LogP contribution in [0.25, 0.3) is 0 Å². The lowest BCUT2D eigenvalue weighted by Gasteiger charge is -2.13. The maximum atomic E-state index is 13.0. The summed E-state index contributed by atoms with van der Waals surface area (Å²) in [5.41, 5.74) is 1.96. The molecule has 1 amide bonds. The Bertz CT molecular complexity index is 1060. The minimum absolute atomic E-state index is 0.0556. The van der Waals surface area contributed by atoms with Crippen LogP contribution in [-0.2, 0) is 12.7 Å². The molecule has 3 rings (SSSR count). The van der Waals surface area contributed by atoms with Gasteiger partial charge in [0.2, 0.25) is 0 Å². The first-order chi connectivity index (χ1) is 14.7. The van der Waals surface area contributed by atoms with Crippen LogP contribution in [0, 0.1) is 13.8 Å². The third kappa shape index (κ3) is 5.55. The number of halogens is 4. The Morgan fingerprint density at radius 1 is 1.13 bits per heavy atom. The molecule has 0 aliphatic carbocycles. The predicted octanol–water partition coefficient (Wildman–Crippen LogP) is 4.46. The number of nitrogens with one attached hydrogen (secondary N) is 2. The fraction of sp³-hybridized carbons (Fsp3) is 0.286. The van der Waals surface area contributed by atoms with Crippen molar-refractivity contribution in [3.8, 4) is 0 Å². The molecule has 2 N–H and O–H groups in total. The van der Waals surface area contributed by atoms with Crippen LogP contribution in [0.2, 0.25) is 5.15 Å². The maximum absolute atomic E-state index is 13.0. The van der Waals surface area contributed by atoms with E-state index in [1.165, 1.54) is 16.9 Å². The maximum Gasteiger partial charge on any atom is 0.419 e. The number of amides is 1. The topological polar surface area (TPSA) is 71.8 Å². The average molecular weight is 452 g/mol. The zero-order valence-electron chi connectivity index (χ0n) is 16.9. The highest BCUT2D eigenvalue weighted by Gasteiger charge is 2.34. The first-order valence-corrected chi connectivity index (χ1v) is 9.87. The van der Waals surface area contributed by atoms with Crippen molar-refractivity contribution in [1.29, 1.82) is 0 Å². The highest BCUT2D eigenvalue weighted by Crippen LogP contribution is 2.33. The molecule has 0 aliphatic rings. The second-order valence-electron chi connectivity index (χ2n) is 6.97. The summed E-state index contributed by atoms with van der Waals surface area (Å²) in [7, 11) is 0. The van der Waals surface area contributed by atoms with Crippen LogP contribution < -0.4 is 10.6 Å². The van der Waals surface area contributed by atoms with Crippen LogP contribution in [0.15, 0.2) is 42.6 Å². The molecule has 0 bridgehead atoms. The van der Waals surface area contributed by atoms with Gasteiger partial charge in [-0.1, -0.05) is 41.4 Å². The van der Waals surface area contributed by atoms with E-state index in [1.54, 1.807) is 6.92 Å². The summed E-state index contributed by atoms with van der Waals surface area (Å²) < 4.78 is 40.5. The number of alkyl halides is 3. The van der Waals surface area contributed by atoms with Gasteiger partial charge in [0, 0.05) is 19.3 Å². The largest absolute Gasteiger partial charge is 0.419 e. The first kappa shape index (κ1) is 22.6. The number of rotatable bonds is 7. The van der Waals surface area contributed by atoms with E-state index in [2.05, 4.69) is 20.7 Å². The first-order valence-electron chi connectivity index (χ1n) is 9.49. The molecule has 0 fully saturated rings. The van der Waals surface area contributed by atoms with Crippen molar-refractivity contribution >= 4 is 23.3 Å². The van der Waals surface area contributed by atoms with Crippen molar-refractivity contribution in [2.75, 3.05) is 18.4 Å². The van der Waals surface area contributed by atoms with Gasteiger partial charge in [0.05, 0.1) is 23.4 Å². The Balaban J connectivity index is 1.60. The van der Waals surface area contributed by atoms with Crippen LogP contribution in [0.1, 0.15) is 32.7 Å². The molecule has 1 aromatic carbocycles. The van der Waals surface area contributed by atoms with Crippen molar-refractivity contribution < 1.29 is 18.0 Å². The third-order valence-electron chi connectivity index (χ3n) is 4.56. The van der Waals surface area contributed by atoms with E-state index in [9.17, 15) is 18.0 Å². The van der Waals surface area contributed by atoms with Crippen LogP contribution in [0.3, 0.4) is 0 Å². The number of anilines is 1. The summed E-state index contributed by atoms with van der Waals surface area (Å²) in [6, 6.07) is 10.0. The van der Waals surface area contributed by atoms with Gasteiger partial charge in [-0.2, -0.15) is 18.3 Å². The number of benzene rings is 1. The lowest BCUT2D eigenvalue weighted by atomic mass is 10.1. The molecule has 0 radical (unpaired) electrons. The summed E-state index contributed by atoms with van der Waals surface area (Å²) in [6.45, 7) is 4.21. The predicted molar refractivity (Wildman–Crippen MR) is 112 cm³/mol. The number of aryl methyl sites for hydroxylation is 2. The van der Waals surface area contributed by atoms with Gasteiger partial charge in [-0.3, -0.25) is 4.79 Å². The smallest absolute Gasteiger partial charge is 0.368 e. The average Bonchev–Trinajstić information content (AvgIpc) is 2.99. The monoisotopic (exact) mass is 451 g/mol. The molecule has 31 heavy (non-hydrogen) atoms. The summed E-state index contributed by atoms with van der Waals surface area (Å²) >= 11 is 6.37. The molecule has 0 aliphatic heterocycles. The summed E-state index contributed by atoms with van der Waals surface area (Å²) in [5, 5.41) is 9.78. The fourth-order valence-corrected chi connectivity index (χ4v) is 3.32. The molecular weight excluding hydrogens is 431 g/mol. The molecule has 2 heterocycles. The molecule has 0 spiro atoms. The third-order valence-corrected chi connectivity index (χ3v) is 4.95. The number of hydrogen-bond acceptors (Lipinski definition) is 4. The van der Waals surface area contributed by atoms with Gasteiger partial charge >= 0.3 is 6.18 Å². The molecule has 164 valence electrons. The zero-order chi connectivity index (χ0) is 22.6. The van der Waals surface area contributed by atoms with E-state index in [-0.39, 0.29) is 29.6 Å². The quantitative estimate of drug-likeness (QED) is 0.520. The Morgan fingerprint density at radius 2 is 1.84 bits per heavy atom. The lowest BCUT2D eigenvalue weighted by Crippen LogP contribution is -2.29. The van der Waals surface area contributed by atoms with Crippen LogP contribution >= 0.6 is 11.6 Å². The van der Waals surface area contributed by atoms with E-state index in [0.717, 1.165) is 17.2 Å². The molecule has 3 aromatic rings. The van der Waals surface area contributed by atoms with Crippen LogP contribution in [-0.4, -0.2) is 33.8 Å². The van der Waals surface area contributed by atoms with Gasteiger partial charge in [-0.25, -0.2) is 9.67 Å². The van der Waals surface area contributed by atoms with Crippen molar-refractivity contribution in [3.05, 3.63) is 75.7 Å². The van der Waals surface area contributed by atoms with E-state index < -0.39 is 17.6 Å². The summed E-state index contributed by atoms with van der Waals surface area (Å²) in [4.78, 5) is 16.3. The van der Waals surface area contributed by atoms with Crippen molar-refractivity contribution in [1.82, 2.24) is 20.1 Å². The highest BCUT2D eigenvalue weighted by atomic mass is 35.5. The normalized spacial score (nSPS) is 11.4. The Labute approximate surface area is 182 Å². The van der Waals surface area contributed by atoms with Gasteiger partial charge in [0.1, 0.15) is 11.0 Å². The minimum Gasteiger partial charge on any atom is -0.368 e. The van der Waals surface area contributed by atoms with Crippen molar-refractivity contribution in [2.45, 2.75) is 26.6 Å². The SMILES string of the molecule is Cc1ccc(Cn2nc(C)c(C(=O)NCCNc3ncccc3C(F)(F)F)c2Cl)cc1. The molecule has 2 aromatic heterocycles. The van der Waals surface area contributed by atoms with Gasteiger partial charge < -0.3 is 10.6 Å². The summed E-state index contributed by atoms with van der Waals surface area (Å²) in [6.07, 6.45) is -3.25. The summed E-state index contributed by atoms with van der Waals surface area (Å²) in [5.74, 6) is -0.735. The molecule has 0 unspecified atom stereocenters. The number of carbonyl (C=O) groups excluding carboxylic acids is 1. The number of aromatic nitrogens is 3. The Morgan fingerprint density at radius 3 is 2.52 bits per heavy atom. The number of pyridine rings is 1. The standard InChI is InChI=1S/C21H21ClF3N5O/c1-13-5-7-15(8-6-13)12-30-18(22)17(14(2)29-30)20(31)28-11-10-27-19-16(21(23,24)25)4-3-9-26-19/h3-9H,10-12H2,1-2H3,(H,26,27)(H,28,31). The molecule has 0 atom stereocenters. The number of nitrogens with zero attached hydrogens (tertiary/aromatic N) is 3. The Kier molecular flexibility index (Phi) is 6.84. The van der Waals surface area contributed by atoms with Gasteiger partial charge in [-0.05, 0) is 31.5 Å². The molecular formula is C21H21ClF3N5O. The van der Waals surface area contributed by atoms with E-state index in [1.807, 2.05) is 31.2 Å². The van der Waals surface area contributed by atoms with Gasteiger partial charge in [-0.15, -0.1) is 0 Å².